The predicted octanol–water partition coefficient (Wildman–Crippen LogP) is 4.27. The lowest BCUT2D eigenvalue weighted by Gasteiger charge is -2.10. The van der Waals surface area contributed by atoms with E-state index in [1.165, 1.54) is 5.56 Å². The van der Waals surface area contributed by atoms with Crippen molar-refractivity contribution in [2.45, 2.75) is 27.3 Å². The van der Waals surface area contributed by atoms with Gasteiger partial charge < -0.3 is 10.6 Å². The van der Waals surface area contributed by atoms with E-state index < -0.39 is 0 Å². The minimum Gasteiger partial charge on any atom is -0.350 e. The third-order valence-corrected chi connectivity index (χ3v) is 4.06. The lowest BCUT2D eigenvalue weighted by Crippen LogP contribution is -2.16. The first-order valence-corrected chi connectivity index (χ1v) is 8.52. The Hall–Kier alpha value is -3.21. The Bertz CT molecular complexity index is 937. The third-order valence-electron chi connectivity index (χ3n) is 4.06. The summed E-state index contributed by atoms with van der Waals surface area (Å²) in [5.41, 5.74) is 5.56. The zero-order valence-electron chi connectivity index (χ0n) is 15.2. The Labute approximate surface area is 153 Å². The average Bonchev–Trinajstić information content (AvgIpc) is 2.63. The van der Waals surface area contributed by atoms with E-state index in [4.69, 9.17) is 0 Å². The molecule has 3 rings (SSSR count). The van der Waals surface area contributed by atoms with Gasteiger partial charge in [0.25, 0.3) is 5.91 Å². The van der Waals surface area contributed by atoms with Gasteiger partial charge in [-0.2, -0.15) is 0 Å². The molecule has 0 atom stereocenters. The number of anilines is 2. The highest BCUT2D eigenvalue weighted by molar-refractivity contribution is 6.03. The normalized spacial score (nSPS) is 10.4. The number of amides is 1. The SMILES string of the molecule is Cc1cccc(CNc2nccc(C(=O)Nc3cc(C)ccc3C)n2)c1. The lowest BCUT2D eigenvalue weighted by molar-refractivity contribution is 0.102. The molecule has 1 amide bonds. The van der Waals surface area contributed by atoms with Crippen molar-refractivity contribution in [1.82, 2.24) is 9.97 Å². The van der Waals surface area contributed by atoms with Crippen molar-refractivity contribution in [3.63, 3.8) is 0 Å². The largest absolute Gasteiger partial charge is 0.350 e. The molecule has 5 heteroatoms. The molecule has 3 aromatic rings. The topological polar surface area (TPSA) is 66.9 Å². The van der Waals surface area contributed by atoms with E-state index in [1.54, 1.807) is 12.3 Å². The van der Waals surface area contributed by atoms with Crippen molar-refractivity contribution in [3.05, 3.63) is 82.7 Å². The van der Waals surface area contributed by atoms with E-state index in [1.807, 2.05) is 44.2 Å². The van der Waals surface area contributed by atoms with Crippen LogP contribution in [0.2, 0.25) is 0 Å². The van der Waals surface area contributed by atoms with Crippen molar-refractivity contribution < 1.29 is 4.79 Å². The maximum atomic E-state index is 12.5. The van der Waals surface area contributed by atoms with Gasteiger partial charge in [-0.15, -0.1) is 0 Å². The molecule has 2 N–H and O–H groups in total. The van der Waals surface area contributed by atoms with Crippen LogP contribution in [0.3, 0.4) is 0 Å². The van der Waals surface area contributed by atoms with Gasteiger partial charge in [-0.3, -0.25) is 4.79 Å². The van der Waals surface area contributed by atoms with Crippen molar-refractivity contribution in [2.75, 3.05) is 10.6 Å². The van der Waals surface area contributed by atoms with Crippen LogP contribution >= 0.6 is 0 Å². The fourth-order valence-corrected chi connectivity index (χ4v) is 2.63. The van der Waals surface area contributed by atoms with Crippen LogP contribution in [-0.4, -0.2) is 15.9 Å². The molecule has 26 heavy (non-hydrogen) atoms. The standard InChI is InChI=1S/C21H22N4O/c1-14-5-4-6-17(11-14)13-23-21-22-10-9-18(25-21)20(26)24-19-12-15(2)7-8-16(19)3/h4-12H,13H2,1-3H3,(H,24,26)(H,22,23,25). The van der Waals surface area contributed by atoms with Crippen molar-refractivity contribution >= 4 is 17.5 Å². The Morgan fingerprint density at radius 3 is 2.62 bits per heavy atom. The van der Waals surface area contributed by atoms with E-state index in [9.17, 15) is 4.79 Å². The van der Waals surface area contributed by atoms with Gasteiger partial charge in [0.2, 0.25) is 5.95 Å². The Morgan fingerprint density at radius 2 is 1.81 bits per heavy atom. The number of aromatic nitrogens is 2. The lowest BCUT2D eigenvalue weighted by atomic mass is 10.1. The van der Waals surface area contributed by atoms with E-state index in [2.05, 4.69) is 39.7 Å². The molecule has 0 bridgehead atoms. The number of hydrogen-bond donors (Lipinski definition) is 2. The van der Waals surface area contributed by atoms with Gasteiger partial charge in [-0.1, -0.05) is 42.0 Å². The van der Waals surface area contributed by atoms with Crippen LogP contribution in [0.15, 0.2) is 54.7 Å². The fraction of sp³-hybridized carbons (Fsp3) is 0.190. The quantitative estimate of drug-likeness (QED) is 0.724. The zero-order valence-corrected chi connectivity index (χ0v) is 15.2. The highest BCUT2D eigenvalue weighted by Gasteiger charge is 2.11. The Kier molecular flexibility index (Phi) is 5.27. The first-order chi connectivity index (χ1) is 12.5. The van der Waals surface area contributed by atoms with Crippen LogP contribution < -0.4 is 10.6 Å². The number of benzene rings is 2. The molecule has 5 nitrogen and oxygen atoms in total. The number of carbonyl (C=O) groups is 1. The fourth-order valence-electron chi connectivity index (χ4n) is 2.63. The summed E-state index contributed by atoms with van der Waals surface area (Å²) >= 11 is 0. The van der Waals surface area contributed by atoms with Crippen molar-refractivity contribution in [3.8, 4) is 0 Å². The molecule has 0 saturated heterocycles. The van der Waals surface area contributed by atoms with Crippen LogP contribution in [-0.2, 0) is 6.54 Å². The molecular formula is C21H22N4O. The van der Waals surface area contributed by atoms with Crippen LogP contribution in [0.1, 0.15) is 32.7 Å². The number of aryl methyl sites for hydroxylation is 3. The van der Waals surface area contributed by atoms with E-state index in [0.717, 1.165) is 22.4 Å². The number of nitrogens with one attached hydrogen (secondary N) is 2. The summed E-state index contributed by atoms with van der Waals surface area (Å²) in [6.07, 6.45) is 1.59. The van der Waals surface area contributed by atoms with Crippen LogP contribution in [0, 0.1) is 20.8 Å². The summed E-state index contributed by atoms with van der Waals surface area (Å²) in [6, 6.07) is 15.8. The zero-order chi connectivity index (χ0) is 18.5. The molecule has 1 aromatic heterocycles. The maximum Gasteiger partial charge on any atom is 0.274 e. The molecule has 0 unspecified atom stereocenters. The number of carbonyl (C=O) groups excluding carboxylic acids is 1. The molecule has 0 aliphatic heterocycles. The van der Waals surface area contributed by atoms with Gasteiger partial charge >= 0.3 is 0 Å². The third kappa shape index (κ3) is 4.45. The van der Waals surface area contributed by atoms with E-state index in [-0.39, 0.29) is 5.91 Å². The summed E-state index contributed by atoms with van der Waals surface area (Å²) in [4.78, 5) is 21.0. The monoisotopic (exact) mass is 346 g/mol. The molecule has 0 spiro atoms. The molecule has 0 saturated carbocycles. The molecule has 0 fully saturated rings. The van der Waals surface area contributed by atoms with Gasteiger partial charge in [0.1, 0.15) is 5.69 Å². The molecule has 0 aliphatic carbocycles. The summed E-state index contributed by atoms with van der Waals surface area (Å²) in [5, 5.41) is 6.08. The molecule has 132 valence electrons. The summed E-state index contributed by atoms with van der Waals surface area (Å²) < 4.78 is 0. The van der Waals surface area contributed by atoms with Crippen LogP contribution in [0.25, 0.3) is 0 Å². The van der Waals surface area contributed by atoms with Gasteiger partial charge in [0.15, 0.2) is 0 Å². The molecule has 0 aliphatic rings. The summed E-state index contributed by atoms with van der Waals surface area (Å²) in [6.45, 7) is 6.61. The second-order valence-electron chi connectivity index (χ2n) is 6.38. The van der Waals surface area contributed by atoms with Gasteiger partial charge in [-0.25, -0.2) is 9.97 Å². The van der Waals surface area contributed by atoms with Crippen LogP contribution in [0.5, 0.6) is 0 Å². The predicted molar refractivity (Wildman–Crippen MR) is 104 cm³/mol. The Balaban J connectivity index is 1.70. The average molecular weight is 346 g/mol. The summed E-state index contributed by atoms with van der Waals surface area (Å²) in [5.74, 6) is 0.180. The maximum absolute atomic E-state index is 12.5. The first kappa shape index (κ1) is 17.6. The molecule has 1 heterocycles. The van der Waals surface area contributed by atoms with Crippen molar-refractivity contribution in [2.24, 2.45) is 0 Å². The minimum atomic E-state index is -0.250. The number of rotatable bonds is 5. The van der Waals surface area contributed by atoms with Gasteiger partial charge in [-0.05, 0) is 49.6 Å². The second-order valence-corrected chi connectivity index (χ2v) is 6.38. The minimum absolute atomic E-state index is 0.250. The van der Waals surface area contributed by atoms with Gasteiger partial charge in [0, 0.05) is 18.4 Å². The molecule has 0 radical (unpaired) electrons. The van der Waals surface area contributed by atoms with Crippen molar-refractivity contribution in [1.29, 1.82) is 0 Å². The smallest absolute Gasteiger partial charge is 0.274 e. The van der Waals surface area contributed by atoms with Crippen LogP contribution in [0.4, 0.5) is 11.6 Å². The Morgan fingerprint density at radius 1 is 1.00 bits per heavy atom. The van der Waals surface area contributed by atoms with Gasteiger partial charge in [0.05, 0.1) is 0 Å². The van der Waals surface area contributed by atoms with E-state index in [0.29, 0.717) is 18.2 Å². The number of hydrogen-bond acceptors (Lipinski definition) is 4. The first-order valence-electron chi connectivity index (χ1n) is 8.52. The van der Waals surface area contributed by atoms with E-state index >= 15 is 0 Å². The molecule has 2 aromatic carbocycles. The second kappa shape index (κ2) is 7.78. The summed E-state index contributed by atoms with van der Waals surface area (Å²) in [7, 11) is 0. The highest BCUT2D eigenvalue weighted by atomic mass is 16.1. The highest BCUT2D eigenvalue weighted by Crippen LogP contribution is 2.17. The number of nitrogens with zero attached hydrogens (tertiary/aromatic N) is 2. The molecular weight excluding hydrogens is 324 g/mol.